The molecule has 2 rings (SSSR count). The zero-order chi connectivity index (χ0) is 13.7. The van der Waals surface area contributed by atoms with Crippen molar-refractivity contribution in [1.82, 2.24) is 5.32 Å². The Morgan fingerprint density at radius 3 is 2.74 bits per heavy atom. The third kappa shape index (κ3) is 3.61. The molecule has 2 aromatic rings. The van der Waals surface area contributed by atoms with Gasteiger partial charge in [-0.3, -0.25) is 4.79 Å². The second kappa shape index (κ2) is 6.43. The van der Waals surface area contributed by atoms with E-state index >= 15 is 0 Å². The second-order valence-electron chi connectivity index (χ2n) is 4.33. The van der Waals surface area contributed by atoms with E-state index in [0.29, 0.717) is 18.1 Å². The Bertz CT molecular complexity index is 563. The van der Waals surface area contributed by atoms with Gasteiger partial charge < -0.3 is 9.73 Å². The van der Waals surface area contributed by atoms with Crippen LogP contribution in [0.3, 0.4) is 0 Å². The van der Waals surface area contributed by atoms with Crippen molar-refractivity contribution in [3.63, 3.8) is 0 Å². The molecule has 0 unspecified atom stereocenters. The zero-order valence-corrected chi connectivity index (χ0v) is 11.5. The minimum Gasteiger partial charge on any atom is -0.455 e. The number of amides is 1. The molecule has 19 heavy (non-hydrogen) atoms. The summed E-state index contributed by atoms with van der Waals surface area (Å²) >= 11 is 5.62. The first-order valence-electron chi connectivity index (χ1n) is 6.18. The molecule has 0 atom stereocenters. The summed E-state index contributed by atoms with van der Waals surface area (Å²) in [5, 5.41) is 2.84. The molecular formula is C15H16ClNO2. The lowest BCUT2D eigenvalue weighted by atomic mass is 10.1. The maximum atomic E-state index is 11.8. The Hall–Kier alpha value is -1.74. The molecule has 0 aliphatic rings. The Balaban J connectivity index is 1.86. The summed E-state index contributed by atoms with van der Waals surface area (Å²) in [7, 11) is 0. The second-order valence-corrected chi connectivity index (χ2v) is 4.60. The van der Waals surface area contributed by atoms with E-state index in [1.807, 2.05) is 12.1 Å². The van der Waals surface area contributed by atoms with Gasteiger partial charge in [-0.15, -0.1) is 11.6 Å². The van der Waals surface area contributed by atoms with Crippen molar-refractivity contribution in [3.05, 3.63) is 59.0 Å². The summed E-state index contributed by atoms with van der Waals surface area (Å²) < 4.78 is 5.28. The number of nitrogens with one attached hydrogen (secondary N) is 1. The van der Waals surface area contributed by atoms with Gasteiger partial charge in [0.1, 0.15) is 5.76 Å². The quantitative estimate of drug-likeness (QED) is 0.852. The van der Waals surface area contributed by atoms with Crippen LogP contribution in [0.5, 0.6) is 0 Å². The first-order valence-corrected chi connectivity index (χ1v) is 6.71. The Labute approximate surface area is 117 Å². The first-order chi connectivity index (χ1) is 9.20. The number of benzene rings is 1. The highest BCUT2D eigenvalue weighted by Crippen LogP contribution is 2.10. The smallest absolute Gasteiger partial charge is 0.287 e. The summed E-state index contributed by atoms with van der Waals surface area (Å²) in [6.07, 6.45) is 0.807. The molecule has 1 aromatic carbocycles. The number of rotatable bonds is 5. The van der Waals surface area contributed by atoms with Crippen LogP contribution in [0.4, 0.5) is 0 Å². The number of hydrogen-bond acceptors (Lipinski definition) is 2. The molecule has 0 bridgehead atoms. The highest BCUT2D eigenvalue weighted by Gasteiger charge is 2.10. The molecule has 1 aromatic heterocycles. The molecular weight excluding hydrogens is 262 g/mol. The molecule has 0 saturated heterocycles. The lowest BCUT2D eigenvalue weighted by Gasteiger charge is -2.06. The molecule has 0 aliphatic heterocycles. The average molecular weight is 278 g/mol. The van der Waals surface area contributed by atoms with Crippen molar-refractivity contribution in [2.75, 3.05) is 6.54 Å². The Morgan fingerprint density at radius 2 is 2.05 bits per heavy atom. The van der Waals surface area contributed by atoms with Gasteiger partial charge in [0.2, 0.25) is 0 Å². The van der Waals surface area contributed by atoms with Gasteiger partial charge >= 0.3 is 0 Å². The van der Waals surface area contributed by atoms with Crippen molar-refractivity contribution in [1.29, 1.82) is 0 Å². The van der Waals surface area contributed by atoms with Crippen LogP contribution in [-0.4, -0.2) is 12.5 Å². The van der Waals surface area contributed by atoms with Crippen LogP contribution < -0.4 is 5.32 Å². The maximum absolute atomic E-state index is 11.8. The lowest BCUT2D eigenvalue weighted by Crippen LogP contribution is -2.25. The van der Waals surface area contributed by atoms with Gasteiger partial charge in [-0.1, -0.05) is 24.3 Å². The van der Waals surface area contributed by atoms with Gasteiger partial charge in [-0.25, -0.2) is 0 Å². The van der Waals surface area contributed by atoms with Crippen LogP contribution in [0, 0.1) is 6.92 Å². The third-order valence-electron chi connectivity index (χ3n) is 2.96. The number of halogens is 1. The number of aryl methyl sites for hydroxylation is 1. The van der Waals surface area contributed by atoms with Crippen molar-refractivity contribution >= 4 is 17.5 Å². The van der Waals surface area contributed by atoms with Crippen LogP contribution in [0.25, 0.3) is 0 Å². The van der Waals surface area contributed by atoms with Crippen LogP contribution in [-0.2, 0) is 12.3 Å². The minimum absolute atomic E-state index is 0.204. The monoisotopic (exact) mass is 277 g/mol. The molecule has 0 spiro atoms. The number of carbonyl (C=O) groups excluding carboxylic acids is 1. The molecule has 100 valence electrons. The van der Waals surface area contributed by atoms with E-state index < -0.39 is 0 Å². The van der Waals surface area contributed by atoms with E-state index in [-0.39, 0.29) is 11.8 Å². The van der Waals surface area contributed by atoms with E-state index in [1.165, 1.54) is 11.1 Å². The molecule has 1 amide bonds. The number of furan rings is 1. The Kier molecular flexibility index (Phi) is 4.63. The first kappa shape index (κ1) is 13.7. The van der Waals surface area contributed by atoms with Gasteiger partial charge in [0, 0.05) is 6.54 Å². The molecule has 0 saturated carbocycles. The summed E-state index contributed by atoms with van der Waals surface area (Å²) in [5.74, 6) is 0.979. The zero-order valence-electron chi connectivity index (χ0n) is 10.8. The minimum atomic E-state index is -0.204. The van der Waals surface area contributed by atoms with E-state index in [1.54, 1.807) is 12.1 Å². The van der Waals surface area contributed by atoms with Crippen molar-refractivity contribution in [2.45, 2.75) is 19.2 Å². The normalized spacial score (nSPS) is 10.4. The SMILES string of the molecule is Cc1ccccc1CCNC(=O)c1ccc(CCl)o1. The maximum Gasteiger partial charge on any atom is 0.287 e. The fourth-order valence-electron chi connectivity index (χ4n) is 1.86. The number of hydrogen-bond donors (Lipinski definition) is 1. The lowest BCUT2D eigenvalue weighted by molar-refractivity contribution is 0.0925. The molecule has 3 nitrogen and oxygen atoms in total. The predicted octanol–water partition coefficient (Wildman–Crippen LogP) is 3.30. The van der Waals surface area contributed by atoms with Gasteiger partial charge in [-0.2, -0.15) is 0 Å². The standard InChI is InChI=1S/C15H16ClNO2/c1-11-4-2-3-5-12(11)8-9-17-15(18)14-7-6-13(10-16)19-14/h2-7H,8-10H2,1H3,(H,17,18). The average Bonchev–Trinajstić information content (AvgIpc) is 2.90. The van der Waals surface area contributed by atoms with E-state index in [0.717, 1.165) is 6.42 Å². The van der Waals surface area contributed by atoms with Gasteiger partial charge in [0.05, 0.1) is 5.88 Å². The van der Waals surface area contributed by atoms with Crippen LogP contribution in [0.2, 0.25) is 0 Å². The van der Waals surface area contributed by atoms with Gasteiger partial charge in [0.25, 0.3) is 5.91 Å². The fraction of sp³-hybridized carbons (Fsp3) is 0.267. The Morgan fingerprint density at radius 1 is 1.26 bits per heavy atom. The van der Waals surface area contributed by atoms with Gasteiger partial charge in [-0.05, 0) is 36.6 Å². The van der Waals surface area contributed by atoms with Crippen LogP contribution >= 0.6 is 11.6 Å². The molecule has 1 heterocycles. The van der Waals surface area contributed by atoms with Crippen molar-refractivity contribution in [3.8, 4) is 0 Å². The van der Waals surface area contributed by atoms with E-state index in [2.05, 4.69) is 24.4 Å². The summed E-state index contributed by atoms with van der Waals surface area (Å²) in [5.41, 5.74) is 2.47. The highest BCUT2D eigenvalue weighted by molar-refractivity contribution is 6.16. The highest BCUT2D eigenvalue weighted by atomic mass is 35.5. The van der Waals surface area contributed by atoms with Crippen LogP contribution in [0.15, 0.2) is 40.8 Å². The molecule has 0 radical (unpaired) electrons. The summed E-state index contributed by atoms with van der Waals surface area (Å²) in [6.45, 7) is 2.65. The molecule has 4 heteroatoms. The fourth-order valence-corrected chi connectivity index (χ4v) is 2.00. The molecule has 0 fully saturated rings. The summed E-state index contributed by atoms with van der Waals surface area (Å²) in [6, 6.07) is 11.5. The van der Waals surface area contributed by atoms with Crippen molar-refractivity contribution < 1.29 is 9.21 Å². The number of carbonyl (C=O) groups is 1. The summed E-state index contributed by atoms with van der Waals surface area (Å²) in [4.78, 5) is 11.8. The van der Waals surface area contributed by atoms with E-state index in [9.17, 15) is 4.79 Å². The third-order valence-corrected chi connectivity index (χ3v) is 3.22. The van der Waals surface area contributed by atoms with Crippen molar-refractivity contribution in [2.24, 2.45) is 0 Å². The number of alkyl halides is 1. The van der Waals surface area contributed by atoms with E-state index in [4.69, 9.17) is 16.0 Å². The largest absolute Gasteiger partial charge is 0.455 e. The van der Waals surface area contributed by atoms with Gasteiger partial charge in [0.15, 0.2) is 5.76 Å². The topological polar surface area (TPSA) is 42.2 Å². The molecule has 0 aliphatic carbocycles. The predicted molar refractivity (Wildman–Crippen MR) is 75.5 cm³/mol. The van der Waals surface area contributed by atoms with Crippen LogP contribution in [0.1, 0.15) is 27.4 Å². The molecule has 1 N–H and O–H groups in total.